The van der Waals surface area contributed by atoms with Crippen LogP contribution in [-0.4, -0.2) is 26.1 Å². The van der Waals surface area contributed by atoms with Crippen molar-refractivity contribution >= 4 is 23.5 Å². The van der Waals surface area contributed by atoms with E-state index in [1.54, 1.807) is 23.4 Å². The molecule has 0 atom stereocenters. The Labute approximate surface area is 173 Å². The Balaban J connectivity index is 1.70. The van der Waals surface area contributed by atoms with Gasteiger partial charge in [0.25, 0.3) is 0 Å². The first kappa shape index (κ1) is 18.8. The fourth-order valence-corrected chi connectivity index (χ4v) is 3.16. The van der Waals surface area contributed by atoms with Crippen LogP contribution in [0.1, 0.15) is 12.5 Å². The highest BCUT2D eigenvalue weighted by atomic mass is 35.5. The molecule has 2 heterocycles. The van der Waals surface area contributed by atoms with Crippen molar-refractivity contribution in [3.63, 3.8) is 0 Å². The van der Waals surface area contributed by atoms with E-state index in [0.717, 1.165) is 22.4 Å². The van der Waals surface area contributed by atoms with Crippen molar-refractivity contribution in [2.75, 3.05) is 4.90 Å². The number of H-pyrrole nitrogens is 1. The Bertz CT molecular complexity index is 1130. The van der Waals surface area contributed by atoms with Crippen LogP contribution in [0.25, 0.3) is 22.5 Å². The molecule has 2 aromatic heterocycles. The summed E-state index contributed by atoms with van der Waals surface area (Å²) in [5.74, 6) is 0.221. The fraction of sp³-hybridized carbons (Fsp3) is 0.0909. The van der Waals surface area contributed by atoms with E-state index in [0.29, 0.717) is 23.2 Å². The number of hydrogen-bond acceptors (Lipinski definition) is 4. The van der Waals surface area contributed by atoms with Gasteiger partial charge in [0.2, 0.25) is 11.9 Å². The number of nitrogens with one attached hydrogen (secondary N) is 1. The van der Waals surface area contributed by atoms with Crippen molar-refractivity contribution in [2.45, 2.75) is 13.5 Å². The van der Waals surface area contributed by atoms with Gasteiger partial charge in [-0.25, -0.2) is 9.97 Å². The minimum absolute atomic E-state index is 0.129. The third-order valence-electron chi connectivity index (χ3n) is 4.50. The minimum atomic E-state index is -0.129. The molecule has 0 spiro atoms. The lowest BCUT2D eigenvalue weighted by Crippen LogP contribution is -2.29. The van der Waals surface area contributed by atoms with Crippen molar-refractivity contribution in [1.82, 2.24) is 20.2 Å². The predicted octanol–water partition coefficient (Wildman–Crippen LogP) is 4.74. The predicted molar refractivity (Wildman–Crippen MR) is 113 cm³/mol. The molecule has 0 aliphatic carbocycles. The standard InChI is InChI=1S/C22H18ClN5O/c1-15(29)28(14-16-5-3-2-4-6-16)22-24-12-11-20(26-22)19-13-25-27-21(19)17-7-9-18(23)10-8-17/h2-13H,14H2,1H3,(H,25,27). The Morgan fingerprint density at radius 2 is 1.83 bits per heavy atom. The van der Waals surface area contributed by atoms with E-state index in [1.165, 1.54) is 6.92 Å². The maximum Gasteiger partial charge on any atom is 0.232 e. The molecule has 7 heteroatoms. The van der Waals surface area contributed by atoms with Gasteiger partial charge in [-0.3, -0.25) is 14.8 Å². The molecule has 0 saturated heterocycles. The SMILES string of the molecule is CC(=O)N(Cc1ccccc1)c1nccc(-c2cn[nH]c2-c2ccc(Cl)cc2)n1. The number of anilines is 1. The summed E-state index contributed by atoms with van der Waals surface area (Å²) < 4.78 is 0. The Hall–Kier alpha value is -3.51. The van der Waals surface area contributed by atoms with E-state index in [1.807, 2.05) is 54.6 Å². The molecule has 29 heavy (non-hydrogen) atoms. The van der Waals surface area contributed by atoms with Gasteiger partial charge in [-0.1, -0.05) is 54.1 Å². The molecular weight excluding hydrogens is 386 g/mol. The van der Waals surface area contributed by atoms with Crippen LogP contribution in [0.2, 0.25) is 5.02 Å². The minimum Gasteiger partial charge on any atom is -0.277 e. The van der Waals surface area contributed by atoms with Gasteiger partial charge in [0.05, 0.1) is 24.1 Å². The highest BCUT2D eigenvalue weighted by Crippen LogP contribution is 2.30. The van der Waals surface area contributed by atoms with Crippen molar-refractivity contribution in [3.05, 3.63) is 83.6 Å². The molecule has 4 rings (SSSR count). The smallest absolute Gasteiger partial charge is 0.232 e. The number of aromatic nitrogens is 4. The van der Waals surface area contributed by atoms with E-state index in [-0.39, 0.29) is 5.91 Å². The molecule has 1 N–H and O–H groups in total. The number of benzene rings is 2. The third kappa shape index (κ3) is 4.17. The van der Waals surface area contributed by atoms with Crippen LogP contribution in [0.4, 0.5) is 5.95 Å². The van der Waals surface area contributed by atoms with E-state index < -0.39 is 0 Å². The lowest BCUT2D eigenvalue weighted by molar-refractivity contribution is -0.116. The second kappa shape index (κ2) is 8.24. The molecule has 0 radical (unpaired) electrons. The van der Waals surface area contributed by atoms with Crippen LogP contribution >= 0.6 is 11.6 Å². The number of amides is 1. The molecule has 144 valence electrons. The molecule has 0 saturated carbocycles. The average molecular weight is 404 g/mol. The molecule has 6 nitrogen and oxygen atoms in total. The summed E-state index contributed by atoms with van der Waals surface area (Å²) in [4.78, 5) is 22.8. The van der Waals surface area contributed by atoms with E-state index >= 15 is 0 Å². The quantitative estimate of drug-likeness (QED) is 0.522. The van der Waals surface area contributed by atoms with Gasteiger partial charge in [-0.05, 0) is 23.8 Å². The summed E-state index contributed by atoms with van der Waals surface area (Å²) in [6.07, 6.45) is 3.36. The van der Waals surface area contributed by atoms with Crippen LogP contribution in [0, 0.1) is 0 Å². The molecule has 1 amide bonds. The molecule has 4 aromatic rings. The van der Waals surface area contributed by atoms with Gasteiger partial charge in [-0.15, -0.1) is 0 Å². The van der Waals surface area contributed by atoms with Crippen LogP contribution in [0.3, 0.4) is 0 Å². The van der Waals surface area contributed by atoms with Gasteiger partial charge in [0.1, 0.15) is 0 Å². The van der Waals surface area contributed by atoms with Crippen molar-refractivity contribution in [2.24, 2.45) is 0 Å². The first-order valence-corrected chi connectivity index (χ1v) is 9.44. The summed E-state index contributed by atoms with van der Waals surface area (Å²) in [6.45, 7) is 1.91. The normalized spacial score (nSPS) is 10.7. The Kier molecular flexibility index (Phi) is 5.35. The van der Waals surface area contributed by atoms with Crippen LogP contribution in [0.15, 0.2) is 73.1 Å². The zero-order chi connectivity index (χ0) is 20.2. The zero-order valence-electron chi connectivity index (χ0n) is 15.7. The summed E-state index contributed by atoms with van der Waals surface area (Å²) >= 11 is 6.00. The molecule has 0 aliphatic rings. The monoisotopic (exact) mass is 403 g/mol. The lowest BCUT2D eigenvalue weighted by atomic mass is 10.1. The molecule has 0 unspecified atom stereocenters. The third-order valence-corrected chi connectivity index (χ3v) is 4.75. The number of hydrogen-bond donors (Lipinski definition) is 1. The average Bonchev–Trinajstić information content (AvgIpc) is 3.23. The number of carbonyl (C=O) groups is 1. The second-order valence-corrected chi connectivity index (χ2v) is 6.93. The highest BCUT2D eigenvalue weighted by molar-refractivity contribution is 6.30. The molecule has 0 fully saturated rings. The number of aromatic amines is 1. The largest absolute Gasteiger partial charge is 0.277 e. The lowest BCUT2D eigenvalue weighted by Gasteiger charge is -2.19. The zero-order valence-corrected chi connectivity index (χ0v) is 16.5. The van der Waals surface area contributed by atoms with Crippen LogP contribution in [0.5, 0.6) is 0 Å². The summed E-state index contributed by atoms with van der Waals surface area (Å²) in [7, 11) is 0. The number of nitrogens with zero attached hydrogens (tertiary/aromatic N) is 4. The second-order valence-electron chi connectivity index (χ2n) is 6.50. The van der Waals surface area contributed by atoms with Gasteiger partial charge in [0, 0.05) is 29.3 Å². The van der Waals surface area contributed by atoms with Crippen LogP contribution in [-0.2, 0) is 11.3 Å². The maximum atomic E-state index is 12.3. The topological polar surface area (TPSA) is 74.8 Å². The van der Waals surface area contributed by atoms with Crippen molar-refractivity contribution in [3.8, 4) is 22.5 Å². The van der Waals surface area contributed by atoms with Gasteiger partial charge >= 0.3 is 0 Å². The number of carbonyl (C=O) groups excluding carboxylic acids is 1. The molecule has 0 bridgehead atoms. The van der Waals surface area contributed by atoms with Gasteiger partial charge in [0.15, 0.2) is 0 Å². The maximum absolute atomic E-state index is 12.3. The molecule has 0 aliphatic heterocycles. The van der Waals surface area contributed by atoms with Gasteiger partial charge in [-0.2, -0.15) is 5.10 Å². The molecular formula is C22H18ClN5O. The first-order valence-electron chi connectivity index (χ1n) is 9.06. The Morgan fingerprint density at radius 1 is 1.07 bits per heavy atom. The number of rotatable bonds is 5. The van der Waals surface area contributed by atoms with Crippen molar-refractivity contribution in [1.29, 1.82) is 0 Å². The molecule has 2 aromatic carbocycles. The Morgan fingerprint density at radius 3 is 2.55 bits per heavy atom. The summed E-state index contributed by atoms with van der Waals surface area (Å²) in [5.41, 5.74) is 4.26. The van der Waals surface area contributed by atoms with E-state index in [4.69, 9.17) is 11.6 Å². The van der Waals surface area contributed by atoms with Gasteiger partial charge < -0.3 is 0 Å². The first-order chi connectivity index (χ1) is 14.1. The van der Waals surface area contributed by atoms with Crippen LogP contribution < -0.4 is 4.90 Å². The summed E-state index contributed by atoms with van der Waals surface area (Å²) in [5, 5.41) is 7.86. The number of halogens is 1. The summed E-state index contributed by atoms with van der Waals surface area (Å²) in [6, 6.07) is 19.0. The van der Waals surface area contributed by atoms with E-state index in [9.17, 15) is 4.79 Å². The fourth-order valence-electron chi connectivity index (χ4n) is 3.03. The van der Waals surface area contributed by atoms with E-state index in [2.05, 4.69) is 20.2 Å². The highest BCUT2D eigenvalue weighted by Gasteiger charge is 2.18. The van der Waals surface area contributed by atoms with Crippen molar-refractivity contribution < 1.29 is 4.79 Å².